The summed E-state index contributed by atoms with van der Waals surface area (Å²) in [7, 11) is 0. The molecule has 0 saturated heterocycles. The fourth-order valence-corrected chi connectivity index (χ4v) is 2.09. The first-order valence-corrected chi connectivity index (χ1v) is 7.12. The zero-order chi connectivity index (χ0) is 13.7. The monoisotopic (exact) mass is 366 g/mol. The molecule has 0 fully saturated rings. The fourth-order valence-electron chi connectivity index (χ4n) is 1.73. The molecule has 0 aliphatic heterocycles. The number of rotatable bonds is 4. The molecule has 98 valence electrons. The van der Waals surface area contributed by atoms with Crippen molar-refractivity contribution in [3.8, 4) is 0 Å². The third-order valence-corrected chi connectivity index (χ3v) is 3.51. The lowest BCUT2D eigenvalue weighted by atomic mass is 10.1. The Labute approximate surface area is 126 Å². The number of carbonyl (C=O) groups is 1. The first kappa shape index (κ1) is 13.9. The number of hydrogen-bond donors (Lipinski definition) is 2. The Bertz CT molecular complexity index is 567. The predicted octanol–water partition coefficient (Wildman–Crippen LogP) is 3.44. The van der Waals surface area contributed by atoms with Gasteiger partial charge in [0.2, 0.25) is 5.91 Å². The maximum absolute atomic E-state index is 11.8. The van der Waals surface area contributed by atoms with E-state index in [1.54, 1.807) is 12.1 Å². The van der Waals surface area contributed by atoms with E-state index >= 15 is 0 Å². The van der Waals surface area contributed by atoms with Crippen LogP contribution in [0.1, 0.15) is 12.0 Å². The summed E-state index contributed by atoms with van der Waals surface area (Å²) in [4.78, 5) is 11.8. The molecule has 0 aliphatic rings. The maximum atomic E-state index is 11.8. The van der Waals surface area contributed by atoms with Crippen LogP contribution in [-0.4, -0.2) is 5.91 Å². The lowest BCUT2D eigenvalue weighted by Crippen LogP contribution is -2.13. The highest BCUT2D eigenvalue weighted by atomic mass is 127. The largest absolute Gasteiger partial charge is 0.397 e. The summed E-state index contributed by atoms with van der Waals surface area (Å²) in [6, 6.07) is 15.5. The van der Waals surface area contributed by atoms with E-state index in [0.29, 0.717) is 17.8 Å². The average Bonchev–Trinajstić information content (AvgIpc) is 2.41. The van der Waals surface area contributed by atoms with Crippen molar-refractivity contribution >= 4 is 39.9 Å². The zero-order valence-electron chi connectivity index (χ0n) is 10.4. The van der Waals surface area contributed by atoms with Crippen LogP contribution in [0.3, 0.4) is 0 Å². The van der Waals surface area contributed by atoms with Gasteiger partial charge in [-0.3, -0.25) is 4.79 Å². The van der Waals surface area contributed by atoms with E-state index in [4.69, 9.17) is 5.73 Å². The lowest BCUT2D eigenvalue weighted by Gasteiger charge is -2.07. The van der Waals surface area contributed by atoms with Crippen molar-refractivity contribution in [3.63, 3.8) is 0 Å². The van der Waals surface area contributed by atoms with Crippen LogP contribution in [0.5, 0.6) is 0 Å². The number of nitrogen functional groups attached to an aromatic ring is 1. The van der Waals surface area contributed by atoms with Gasteiger partial charge in [-0.05, 0) is 58.8 Å². The lowest BCUT2D eigenvalue weighted by molar-refractivity contribution is -0.116. The normalized spacial score (nSPS) is 10.2. The molecule has 2 rings (SSSR count). The minimum absolute atomic E-state index is 0.0172. The summed E-state index contributed by atoms with van der Waals surface area (Å²) in [6.45, 7) is 0. The van der Waals surface area contributed by atoms with Crippen LogP contribution >= 0.6 is 22.6 Å². The van der Waals surface area contributed by atoms with Gasteiger partial charge in [-0.1, -0.05) is 24.3 Å². The number of amides is 1. The molecule has 0 radical (unpaired) electrons. The standard InChI is InChI=1S/C15H15IN2O/c16-12-8-5-11(6-9-12)7-10-15(19)18-14-4-2-1-3-13(14)17/h1-6,8-9H,7,10,17H2,(H,18,19). The Morgan fingerprint density at radius 2 is 1.79 bits per heavy atom. The van der Waals surface area contributed by atoms with E-state index in [9.17, 15) is 4.79 Å². The van der Waals surface area contributed by atoms with E-state index in [1.165, 1.54) is 3.57 Å². The van der Waals surface area contributed by atoms with Gasteiger partial charge < -0.3 is 11.1 Å². The molecule has 3 nitrogen and oxygen atoms in total. The van der Waals surface area contributed by atoms with Gasteiger partial charge in [0.25, 0.3) is 0 Å². The van der Waals surface area contributed by atoms with Crippen molar-refractivity contribution in [2.45, 2.75) is 12.8 Å². The maximum Gasteiger partial charge on any atom is 0.224 e. The highest BCUT2D eigenvalue weighted by Gasteiger charge is 2.05. The molecule has 0 bridgehead atoms. The molecule has 0 atom stereocenters. The molecule has 1 amide bonds. The van der Waals surface area contributed by atoms with Crippen molar-refractivity contribution in [3.05, 3.63) is 57.7 Å². The Balaban J connectivity index is 1.88. The van der Waals surface area contributed by atoms with Crippen LogP contribution in [0.25, 0.3) is 0 Å². The highest BCUT2D eigenvalue weighted by Crippen LogP contribution is 2.17. The minimum Gasteiger partial charge on any atom is -0.397 e. The van der Waals surface area contributed by atoms with Crippen molar-refractivity contribution in [2.75, 3.05) is 11.1 Å². The quantitative estimate of drug-likeness (QED) is 0.643. The average molecular weight is 366 g/mol. The van der Waals surface area contributed by atoms with Crippen molar-refractivity contribution in [1.82, 2.24) is 0 Å². The number of halogens is 1. The second kappa shape index (κ2) is 6.56. The topological polar surface area (TPSA) is 55.1 Å². The summed E-state index contributed by atoms with van der Waals surface area (Å²) in [6.07, 6.45) is 1.18. The van der Waals surface area contributed by atoms with Crippen LogP contribution in [0.15, 0.2) is 48.5 Å². The van der Waals surface area contributed by atoms with Gasteiger partial charge in [-0.25, -0.2) is 0 Å². The van der Waals surface area contributed by atoms with Gasteiger partial charge in [0.05, 0.1) is 11.4 Å². The van der Waals surface area contributed by atoms with Gasteiger partial charge in [-0.15, -0.1) is 0 Å². The van der Waals surface area contributed by atoms with Gasteiger partial charge in [0, 0.05) is 9.99 Å². The zero-order valence-corrected chi connectivity index (χ0v) is 12.6. The Hall–Kier alpha value is -1.56. The number of para-hydroxylation sites is 2. The van der Waals surface area contributed by atoms with Crippen LogP contribution < -0.4 is 11.1 Å². The molecule has 0 heterocycles. The highest BCUT2D eigenvalue weighted by molar-refractivity contribution is 14.1. The molecule has 19 heavy (non-hydrogen) atoms. The third-order valence-electron chi connectivity index (χ3n) is 2.79. The predicted molar refractivity (Wildman–Crippen MR) is 87.0 cm³/mol. The summed E-state index contributed by atoms with van der Waals surface area (Å²) in [5.74, 6) is -0.0172. The molecule has 0 aliphatic carbocycles. The molecule has 4 heteroatoms. The van der Waals surface area contributed by atoms with Crippen LogP contribution in [0.2, 0.25) is 0 Å². The molecule has 0 aromatic heterocycles. The van der Waals surface area contributed by atoms with E-state index in [-0.39, 0.29) is 5.91 Å². The number of aryl methyl sites for hydroxylation is 1. The number of nitrogens with two attached hydrogens (primary N) is 1. The molecule has 0 saturated carbocycles. The SMILES string of the molecule is Nc1ccccc1NC(=O)CCc1ccc(I)cc1. The third kappa shape index (κ3) is 4.24. The van der Waals surface area contributed by atoms with Crippen LogP contribution in [0, 0.1) is 3.57 Å². The van der Waals surface area contributed by atoms with Crippen molar-refractivity contribution in [2.24, 2.45) is 0 Å². The van der Waals surface area contributed by atoms with Gasteiger partial charge >= 0.3 is 0 Å². The molecule has 3 N–H and O–H groups in total. The number of nitrogens with one attached hydrogen (secondary N) is 1. The first-order chi connectivity index (χ1) is 9.15. The molecule has 2 aromatic rings. The number of carbonyl (C=O) groups excluding carboxylic acids is 1. The first-order valence-electron chi connectivity index (χ1n) is 6.04. The smallest absolute Gasteiger partial charge is 0.224 e. The van der Waals surface area contributed by atoms with E-state index < -0.39 is 0 Å². The fraction of sp³-hybridized carbons (Fsp3) is 0.133. The van der Waals surface area contributed by atoms with Gasteiger partial charge in [-0.2, -0.15) is 0 Å². The minimum atomic E-state index is -0.0172. The van der Waals surface area contributed by atoms with Crippen molar-refractivity contribution in [1.29, 1.82) is 0 Å². The Kier molecular flexibility index (Phi) is 4.79. The van der Waals surface area contributed by atoms with Crippen molar-refractivity contribution < 1.29 is 4.79 Å². The second-order valence-corrected chi connectivity index (χ2v) is 5.51. The number of benzene rings is 2. The Morgan fingerprint density at radius 3 is 2.47 bits per heavy atom. The van der Waals surface area contributed by atoms with E-state index in [0.717, 1.165) is 12.0 Å². The van der Waals surface area contributed by atoms with Crippen LogP contribution in [-0.2, 0) is 11.2 Å². The van der Waals surface area contributed by atoms with E-state index in [2.05, 4.69) is 27.9 Å². The number of anilines is 2. The summed E-state index contributed by atoms with van der Waals surface area (Å²) >= 11 is 2.26. The summed E-state index contributed by atoms with van der Waals surface area (Å²) in [5, 5.41) is 2.83. The van der Waals surface area contributed by atoms with Gasteiger partial charge in [0.1, 0.15) is 0 Å². The molecule has 2 aromatic carbocycles. The second-order valence-electron chi connectivity index (χ2n) is 4.26. The molecular weight excluding hydrogens is 351 g/mol. The van der Waals surface area contributed by atoms with E-state index in [1.807, 2.05) is 36.4 Å². The van der Waals surface area contributed by atoms with Gasteiger partial charge in [0.15, 0.2) is 0 Å². The summed E-state index contributed by atoms with van der Waals surface area (Å²) < 4.78 is 1.20. The summed E-state index contributed by atoms with van der Waals surface area (Å²) in [5.41, 5.74) is 8.20. The molecule has 0 unspecified atom stereocenters. The molecular formula is C15H15IN2O. The Morgan fingerprint density at radius 1 is 1.11 bits per heavy atom. The molecule has 0 spiro atoms. The van der Waals surface area contributed by atoms with Crippen LogP contribution in [0.4, 0.5) is 11.4 Å². The number of hydrogen-bond acceptors (Lipinski definition) is 2.